The quantitative estimate of drug-likeness (QED) is 0.842. The van der Waals surface area contributed by atoms with E-state index in [2.05, 4.69) is 10.3 Å². The van der Waals surface area contributed by atoms with Gasteiger partial charge in [-0.15, -0.1) is 0 Å². The van der Waals surface area contributed by atoms with E-state index in [4.69, 9.17) is 0 Å². The Bertz CT molecular complexity index is 518. The van der Waals surface area contributed by atoms with Crippen molar-refractivity contribution in [1.82, 2.24) is 14.9 Å². The third kappa shape index (κ3) is 2.84. The maximum absolute atomic E-state index is 12.2. The molecule has 2 heterocycles. The molecule has 0 bridgehead atoms. The topological polar surface area (TPSA) is 84.2 Å². The lowest BCUT2D eigenvalue weighted by Crippen LogP contribution is -2.33. The van der Waals surface area contributed by atoms with Crippen LogP contribution in [0.5, 0.6) is 0 Å². The van der Waals surface area contributed by atoms with Crippen molar-refractivity contribution in [1.29, 1.82) is 0 Å². The maximum atomic E-state index is 12.2. The second-order valence-electron chi connectivity index (χ2n) is 4.83. The molecule has 0 aromatic carbocycles. The Morgan fingerprint density at radius 2 is 2.21 bits per heavy atom. The number of piperidine rings is 1. The van der Waals surface area contributed by atoms with Crippen LogP contribution in [0.1, 0.15) is 48.2 Å². The number of rotatable bonds is 4. The summed E-state index contributed by atoms with van der Waals surface area (Å²) in [4.78, 5) is 27.8. The number of carboxylic acids is 1. The summed E-state index contributed by atoms with van der Waals surface area (Å²) >= 11 is 0. The summed E-state index contributed by atoms with van der Waals surface area (Å²) in [6, 6.07) is 0. The van der Waals surface area contributed by atoms with Crippen LogP contribution in [0.3, 0.4) is 0 Å². The summed E-state index contributed by atoms with van der Waals surface area (Å²) in [7, 11) is 0. The molecule has 1 aliphatic heterocycles. The molecule has 2 rings (SSSR count). The van der Waals surface area contributed by atoms with Gasteiger partial charge in [0.15, 0.2) is 0 Å². The third-order valence-corrected chi connectivity index (χ3v) is 3.47. The van der Waals surface area contributed by atoms with Crippen LogP contribution in [0, 0.1) is 0 Å². The van der Waals surface area contributed by atoms with Crippen molar-refractivity contribution >= 4 is 5.97 Å². The highest BCUT2D eigenvalue weighted by Gasteiger charge is 2.26. The second-order valence-corrected chi connectivity index (χ2v) is 4.83. The molecule has 1 aromatic rings. The van der Waals surface area contributed by atoms with Gasteiger partial charge in [-0.05, 0) is 32.4 Å². The molecule has 19 heavy (non-hydrogen) atoms. The fraction of sp³-hybridized carbons (Fsp3) is 0.615. The molecule has 2 N–H and O–H groups in total. The lowest BCUT2D eigenvalue weighted by Gasteiger charge is -2.23. The van der Waals surface area contributed by atoms with Crippen LogP contribution in [-0.2, 0) is 6.54 Å². The molecule has 6 heteroatoms. The number of carbonyl (C=O) groups is 1. The summed E-state index contributed by atoms with van der Waals surface area (Å²) in [5.41, 5.74) is -0.132. The predicted octanol–water partition coefficient (Wildman–Crippen LogP) is 0.819. The summed E-state index contributed by atoms with van der Waals surface area (Å²) in [5.74, 6) is -1.10. The Hall–Kier alpha value is -1.69. The van der Waals surface area contributed by atoms with Crippen LogP contribution in [0.15, 0.2) is 11.1 Å². The van der Waals surface area contributed by atoms with Gasteiger partial charge in [0.25, 0.3) is 5.56 Å². The van der Waals surface area contributed by atoms with Gasteiger partial charge in [-0.25, -0.2) is 9.78 Å². The first kappa shape index (κ1) is 13.7. The molecule has 0 radical (unpaired) electrons. The number of nitrogens with zero attached hydrogens (tertiary/aromatic N) is 2. The first-order valence-corrected chi connectivity index (χ1v) is 6.68. The molecule has 0 amide bonds. The fourth-order valence-corrected chi connectivity index (χ4v) is 2.51. The molecular weight excluding hydrogens is 246 g/mol. The van der Waals surface area contributed by atoms with Crippen molar-refractivity contribution in [3.63, 3.8) is 0 Å². The average Bonchev–Trinajstić information content (AvgIpc) is 2.41. The largest absolute Gasteiger partial charge is 0.477 e. The van der Waals surface area contributed by atoms with E-state index in [1.807, 2.05) is 6.92 Å². The zero-order chi connectivity index (χ0) is 13.8. The van der Waals surface area contributed by atoms with Crippen molar-refractivity contribution < 1.29 is 9.90 Å². The van der Waals surface area contributed by atoms with Crippen LogP contribution >= 0.6 is 0 Å². The third-order valence-electron chi connectivity index (χ3n) is 3.47. The predicted molar refractivity (Wildman–Crippen MR) is 70.6 cm³/mol. The van der Waals surface area contributed by atoms with Gasteiger partial charge in [0, 0.05) is 12.5 Å². The molecule has 0 spiro atoms. The van der Waals surface area contributed by atoms with Crippen LogP contribution in [-0.4, -0.2) is 33.7 Å². The highest BCUT2D eigenvalue weighted by molar-refractivity contribution is 5.88. The van der Waals surface area contributed by atoms with E-state index in [1.165, 1.54) is 10.9 Å². The summed E-state index contributed by atoms with van der Waals surface area (Å²) in [6.07, 6.45) is 3.90. The van der Waals surface area contributed by atoms with Gasteiger partial charge in [-0.3, -0.25) is 9.36 Å². The summed E-state index contributed by atoms with van der Waals surface area (Å²) in [6.45, 7) is 4.11. The second kappa shape index (κ2) is 5.97. The van der Waals surface area contributed by atoms with E-state index in [9.17, 15) is 14.7 Å². The number of hydrogen-bond acceptors (Lipinski definition) is 4. The smallest absolute Gasteiger partial charge is 0.343 e. The number of hydrogen-bond donors (Lipinski definition) is 2. The molecule has 1 saturated heterocycles. The number of nitrogens with one attached hydrogen (secondary N) is 1. The van der Waals surface area contributed by atoms with Crippen LogP contribution in [0.4, 0.5) is 0 Å². The number of aryl methyl sites for hydroxylation is 1. The molecule has 0 aliphatic carbocycles. The van der Waals surface area contributed by atoms with Crippen molar-refractivity contribution in [2.75, 3.05) is 13.1 Å². The van der Waals surface area contributed by atoms with Gasteiger partial charge < -0.3 is 10.4 Å². The number of aromatic carboxylic acids is 1. The Morgan fingerprint density at radius 3 is 2.79 bits per heavy atom. The normalized spacial score (nSPS) is 16.5. The highest BCUT2D eigenvalue weighted by atomic mass is 16.4. The zero-order valence-electron chi connectivity index (χ0n) is 11.1. The van der Waals surface area contributed by atoms with Crippen LogP contribution in [0.25, 0.3) is 0 Å². The van der Waals surface area contributed by atoms with Gasteiger partial charge in [0.2, 0.25) is 0 Å². The molecule has 104 valence electrons. The fourth-order valence-electron chi connectivity index (χ4n) is 2.51. The molecule has 0 unspecified atom stereocenters. The van der Waals surface area contributed by atoms with E-state index in [1.54, 1.807) is 0 Å². The van der Waals surface area contributed by atoms with E-state index in [-0.39, 0.29) is 11.5 Å². The molecule has 6 nitrogen and oxygen atoms in total. The minimum absolute atomic E-state index is 0.0660. The van der Waals surface area contributed by atoms with Gasteiger partial charge in [-0.2, -0.15) is 0 Å². The maximum Gasteiger partial charge on any atom is 0.343 e. The summed E-state index contributed by atoms with van der Waals surface area (Å²) < 4.78 is 1.38. The van der Waals surface area contributed by atoms with E-state index < -0.39 is 11.5 Å². The number of carboxylic acid groups (broad SMARTS) is 1. The highest BCUT2D eigenvalue weighted by Crippen LogP contribution is 2.24. The molecular formula is C13H19N3O3. The first-order chi connectivity index (χ1) is 9.15. The van der Waals surface area contributed by atoms with Crippen molar-refractivity contribution in [2.45, 2.75) is 38.6 Å². The van der Waals surface area contributed by atoms with Crippen LogP contribution in [0.2, 0.25) is 0 Å². The minimum atomic E-state index is -1.17. The van der Waals surface area contributed by atoms with E-state index >= 15 is 0 Å². The van der Waals surface area contributed by atoms with Crippen molar-refractivity contribution in [2.24, 2.45) is 0 Å². The van der Waals surface area contributed by atoms with Crippen LogP contribution < -0.4 is 10.9 Å². The Labute approximate surface area is 111 Å². The average molecular weight is 265 g/mol. The summed E-state index contributed by atoms with van der Waals surface area (Å²) in [5, 5.41) is 12.5. The molecule has 0 saturated carbocycles. The van der Waals surface area contributed by atoms with E-state index in [0.29, 0.717) is 12.2 Å². The molecule has 0 atom stereocenters. The lowest BCUT2D eigenvalue weighted by atomic mass is 9.91. The van der Waals surface area contributed by atoms with Crippen molar-refractivity contribution in [3.05, 3.63) is 27.9 Å². The molecule has 1 fully saturated rings. The lowest BCUT2D eigenvalue weighted by molar-refractivity contribution is 0.0691. The monoisotopic (exact) mass is 265 g/mol. The van der Waals surface area contributed by atoms with Crippen molar-refractivity contribution in [3.8, 4) is 0 Å². The van der Waals surface area contributed by atoms with Gasteiger partial charge in [0.1, 0.15) is 5.56 Å². The number of aromatic nitrogens is 2. The Kier molecular flexibility index (Phi) is 4.31. The molecule has 1 aliphatic rings. The minimum Gasteiger partial charge on any atom is -0.477 e. The zero-order valence-corrected chi connectivity index (χ0v) is 11.1. The van der Waals surface area contributed by atoms with E-state index in [0.717, 1.165) is 32.4 Å². The Morgan fingerprint density at radius 1 is 1.53 bits per heavy atom. The molecule has 1 aromatic heterocycles. The first-order valence-electron chi connectivity index (χ1n) is 6.68. The van der Waals surface area contributed by atoms with Gasteiger partial charge in [0.05, 0.1) is 12.0 Å². The standard InChI is InChI=1S/C13H19N3O3/c1-2-7-16-8-15-11(9-3-5-14-6-4-9)10(12(16)17)13(18)19/h8-9,14H,2-7H2,1H3,(H,18,19). The van der Waals surface area contributed by atoms with Gasteiger partial charge >= 0.3 is 5.97 Å². The SMILES string of the molecule is CCCn1cnc(C2CCNCC2)c(C(=O)O)c1=O. The Balaban J connectivity index is 2.45. The van der Waals surface area contributed by atoms with Gasteiger partial charge in [-0.1, -0.05) is 6.92 Å².